The minimum atomic E-state index is -0.518. The number of piperazine rings is 1. The predicted molar refractivity (Wildman–Crippen MR) is 137 cm³/mol. The number of benzene rings is 2. The van der Waals surface area contributed by atoms with E-state index in [2.05, 4.69) is 53.8 Å². The lowest BCUT2D eigenvalue weighted by Gasteiger charge is -2.37. The highest BCUT2D eigenvalue weighted by Crippen LogP contribution is 2.26. The maximum absolute atomic E-state index is 10.5. The molecule has 1 aliphatic rings. The summed E-state index contributed by atoms with van der Waals surface area (Å²) >= 11 is 0. The van der Waals surface area contributed by atoms with Crippen molar-refractivity contribution in [1.29, 1.82) is 0 Å². The van der Waals surface area contributed by atoms with Gasteiger partial charge in [0.2, 0.25) is 0 Å². The summed E-state index contributed by atoms with van der Waals surface area (Å²) in [6.07, 6.45) is 0.320. The Labute approximate surface area is 203 Å². The van der Waals surface area contributed by atoms with Gasteiger partial charge in [-0.3, -0.25) is 4.90 Å². The van der Waals surface area contributed by atoms with Gasteiger partial charge in [0.1, 0.15) is 30.1 Å². The summed E-state index contributed by atoms with van der Waals surface area (Å²) in [6.45, 7) is 12.8. The van der Waals surface area contributed by atoms with Crippen LogP contribution in [0.5, 0.6) is 5.75 Å². The van der Waals surface area contributed by atoms with Crippen LogP contribution in [0.1, 0.15) is 33.8 Å². The Hall–Kier alpha value is -2.96. The molecule has 2 heterocycles. The predicted octanol–water partition coefficient (Wildman–Crippen LogP) is 3.86. The van der Waals surface area contributed by atoms with Gasteiger partial charge in [-0.1, -0.05) is 42.0 Å². The van der Waals surface area contributed by atoms with Crippen molar-refractivity contribution in [3.05, 3.63) is 82.3 Å². The van der Waals surface area contributed by atoms with Gasteiger partial charge < -0.3 is 14.7 Å². The minimum Gasteiger partial charge on any atom is -0.491 e. The number of aliphatic hydroxyl groups is 1. The van der Waals surface area contributed by atoms with Gasteiger partial charge in [0.15, 0.2) is 0 Å². The summed E-state index contributed by atoms with van der Waals surface area (Å²) in [7, 11) is 0. The van der Waals surface area contributed by atoms with Crippen molar-refractivity contribution >= 4 is 5.82 Å². The van der Waals surface area contributed by atoms with Crippen LogP contribution < -0.4 is 9.64 Å². The van der Waals surface area contributed by atoms with Crippen molar-refractivity contribution in [1.82, 2.24) is 14.9 Å². The fourth-order valence-electron chi connectivity index (χ4n) is 4.57. The molecule has 0 radical (unpaired) electrons. The SMILES string of the molecule is Cc1ccc(C)c(Cc2c(C)nc(C)nc2N2CCN(CC(O)COc3ccccc3)CC2)c1. The van der Waals surface area contributed by atoms with Crippen LogP contribution in [0.15, 0.2) is 48.5 Å². The number of hydrogen-bond acceptors (Lipinski definition) is 6. The van der Waals surface area contributed by atoms with Crippen LogP contribution in [0.25, 0.3) is 0 Å². The molecule has 1 unspecified atom stereocenters. The van der Waals surface area contributed by atoms with E-state index in [4.69, 9.17) is 9.72 Å². The molecule has 6 heteroatoms. The summed E-state index contributed by atoms with van der Waals surface area (Å²) in [6, 6.07) is 16.3. The highest BCUT2D eigenvalue weighted by molar-refractivity contribution is 5.52. The lowest BCUT2D eigenvalue weighted by Crippen LogP contribution is -2.49. The third-order valence-electron chi connectivity index (χ3n) is 6.50. The van der Waals surface area contributed by atoms with Gasteiger partial charge >= 0.3 is 0 Å². The summed E-state index contributed by atoms with van der Waals surface area (Å²) in [5.41, 5.74) is 6.17. The number of hydrogen-bond donors (Lipinski definition) is 1. The van der Waals surface area contributed by atoms with E-state index in [1.54, 1.807) is 0 Å². The zero-order valence-electron chi connectivity index (χ0n) is 20.8. The molecule has 1 atom stereocenters. The Bertz CT molecular complexity index is 1100. The van der Waals surface area contributed by atoms with Crippen LogP contribution in [0.4, 0.5) is 5.82 Å². The first-order valence-electron chi connectivity index (χ1n) is 12.1. The minimum absolute atomic E-state index is 0.300. The normalized spacial score (nSPS) is 15.4. The molecule has 0 bridgehead atoms. The fourth-order valence-corrected chi connectivity index (χ4v) is 4.57. The Morgan fingerprint density at radius 2 is 1.68 bits per heavy atom. The summed E-state index contributed by atoms with van der Waals surface area (Å²) in [5, 5.41) is 10.5. The van der Waals surface area contributed by atoms with Crippen molar-refractivity contribution in [2.45, 2.75) is 40.2 Å². The van der Waals surface area contributed by atoms with Crippen molar-refractivity contribution in [3.8, 4) is 5.75 Å². The number of ether oxygens (including phenoxy) is 1. The molecule has 34 heavy (non-hydrogen) atoms. The second-order valence-corrected chi connectivity index (χ2v) is 9.33. The number of para-hydroxylation sites is 1. The molecule has 1 aromatic heterocycles. The van der Waals surface area contributed by atoms with E-state index in [1.165, 1.54) is 22.3 Å². The fraction of sp³-hybridized carbons (Fsp3) is 0.429. The smallest absolute Gasteiger partial charge is 0.136 e. The molecule has 0 amide bonds. The van der Waals surface area contributed by atoms with Crippen LogP contribution in [0.2, 0.25) is 0 Å². The quantitative estimate of drug-likeness (QED) is 0.551. The van der Waals surface area contributed by atoms with E-state index in [1.807, 2.05) is 37.3 Å². The maximum atomic E-state index is 10.5. The molecule has 4 rings (SSSR count). The van der Waals surface area contributed by atoms with Crippen LogP contribution in [0, 0.1) is 27.7 Å². The average Bonchev–Trinajstić information content (AvgIpc) is 2.83. The zero-order valence-corrected chi connectivity index (χ0v) is 20.8. The van der Waals surface area contributed by atoms with Gasteiger partial charge in [-0.2, -0.15) is 0 Å². The van der Waals surface area contributed by atoms with Crippen LogP contribution in [0.3, 0.4) is 0 Å². The van der Waals surface area contributed by atoms with Crippen LogP contribution >= 0.6 is 0 Å². The van der Waals surface area contributed by atoms with Gasteiger partial charge in [-0.05, 0) is 51.0 Å². The second kappa shape index (κ2) is 11.0. The Kier molecular flexibility index (Phi) is 7.80. The van der Waals surface area contributed by atoms with Gasteiger partial charge in [0, 0.05) is 50.4 Å². The molecule has 1 fully saturated rings. The summed E-state index contributed by atoms with van der Waals surface area (Å²) in [5.74, 6) is 2.66. The van der Waals surface area contributed by atoms with E-state index >= 15 is 0 Å². The molecule has 6 nitrogen and oxygen atoms in total. The average molecular weight is 461 g/mol. The zero-order chi connectivity index (χ0) is 24.1. The molecular formula is C28H36N4O2. The number of aliphatic hydroxyl groups excluding tert-OH is 1. The van der Waals surface area contributed by atoms with E-state index in [-0.39, 0.29) is 0 Å². The second-order valence-electron chi connectivity index (χ2n) is 9.33. The van der Waals surface area contributed by atoms with E-state index in [0.717, 1.165) is 55.7 Å². The van der Waals surface area contributed by atoms with Crippen LogP contribution in [-0.2, 0) is 6.42 Å². The molecule has 0 spiro atoms. The molecule has 0 saturated carbocycles. The Morgan fingerprint density at radius 1 is 0.941 bits per heavy atom. The first-order chi connectivity index (χ1) is 16.4. The largest absolute Gasteiger partial charge is 0.491 e. The Balaban J connectivity index is 1.39. The van der Waals surface area contributed by atoms with Gasteiger partial charge in [0.25, 0.3) is 0 Å². The van der Waals surface area contributed by atoms with Gasteiger partial charge in [-0.15, -0.1) is 0 Å². The molecule has 2 aromatic carbocycles. The van der Waals surface area contributed by atoms with Crippen molar-refractivity contribution in [2.24, 2.45) is 0 Å². The highest BCUT2D eigenvalue weighted by atomic mass is 16.5. The topological polar surface area (TPSA) is 61.7 Å². The van der Waals surface area contributed by atoms with Gasteiger partial charge in [0.05, 0.1) is 0 Å². The first-order valence-corrected chi connectivity index (χ1v) is 12.1. The lowest BCUT2D eigenvalue weighted by atomic mass is 9.97. The number of aryl methyl sites for hydroxylation is 4. The standard InChI is InChI=1S/C28H36N4O2/c1-20-10-11-21(2)24(16-20)17-27-22(3)29-23(4)30-28(27)32-14-12-31(13-15-32)18-25(33)19-34-26-8-6-5-7-9-26/h5-11,16,25,33H,12-15,17-19H2,1-4H3. The van der Waals surface area contributed by atoms with Gasteiger partial charge in [-0.25, -0.2) is 9.97 Å². The summed E-state index contributed by atoms with van der Waals surface area (Å²) in [4.78, 5) is 14.3. The van der Waals surface area contributed by atoms with Crippen molar-refractivity contribution in [3.63, 3.8) is 0 Å². The van der Waals surface area contributed by atoms with Crippen molar-refractivity contribution in [2.75, 3.05) is 44.2 Å². The van der Waals surface area contributed by atoms with Crippen molar-refractivity contribution < 1.29 is 9.84 Å². The molecule has 1 saturated heterocycles. The summed E-state index contributed by atoms with van der Waals surface area (Å²) < 4.78 is 5.71. The monoisotopic (exact) mass is 460 g/mol. The molecular weight excluding hydrogens is 424 g/mol. The van der Waals surface area contributed by atoms with Crippen LogP contribution in [-0.4, -0.2) is 65.4 Å². The van der Waals surface area contributed by atoms with E-state index < -0.39 is 6.10 Å². The number of β-amino-alcohol motifs (C(OH)–C–C–N with tert-alkyl or cyclic N) is 1. The van der Waals surface area contributed by atoms with E-state index in [0.29, 0.717) is 13.2 Å². The number of rotatable bonds is 8. The molecule has 1 N–H and O–H groups in total. The third-order valence-corrected chi connectivity index (χ3v) is 6.50. The Morgan fingerprint density at radius 3 is 2.41 bits per heavy atom. The number of aromatic nitrogens is 2. The first kappa shape index (κ1) is 24.2. The van der Waals surface area contributed by atoms with E-state index in [9.17, 15) is 5.11 Å². The highest BCUT2D eigenvalue weighted by Gasteiger charge is 2.24. The molecule has 1 aliphatic heterocycles. The number of nitrogens with zero attached hydrogens (tertiary/aromatic N) is 4. The maximum Gasteiger partial charge on any atom is 0.136 e. The lowest BCUT2D eigenvalue weighted by molar-refractivity contribution is 0.0662. The number of anilines is 1. The molecule has 3 aromatic rings. The molecule has 0 aliphatic carbocycles. The third kappa shape index (κ3) is 6.13. The molecule has 180 valence electrons.